The van der Waals surface area contributed by atoms with E-state index >= 15 is 0 Å². The Kier molecular flexibility index (Phi) is 10.8. The van der Waals surface area contributed by atoms with Crippen LogP contribution in [0.5, 0.6) is 0 Å². The van der Waals surface area contributed by atoms with Crippen molar-refractivity contribution in [2.24, 2.45) is 5.73 Å². The largest absolute Gasteiger partial charge is 0.480 e. The summed E-state index contributed by atoms with van der Waals surface area (Å²) in [5, 5.41) is 33.8. The van der Waals surface area contributed by atoms with Crippen molar-refractivity contribution in [2.75, 3.05) is 6.54 Å². The van der Waals surface area contributed by atoms with E-state index in [-0.39, 0.29) is 31.1 Å². The molecule has 0 saturated heterocycles. The number of fused-ring (bicyclic) bond motifs is 1. The van der Waals surface area contributed by atoms with Crippen LogP contribution in [0.1, 0.15) is 57.7 Å². The fourth-order valence-corrected chi connectivity index (χ4v) is 4.78. The lowest BCUT2D eigenvalue weighted by molar-refractivity contribution is -0.142. The Hall–Kier alpha value is -3.53. The molecule has 0 bridgehead atoms. The Morgan fingerprint density at radius 3 is 2.41 bits per heavy atom. The van der Waals surface area contributed by atoms with Gasteiger partial charge in [0.25, 0.3) is 0 Å². The van der Waals surface area contributed by atoms with Gasteiger partial charge < -0.3 is 30.9 Å². The second-order valence-electron chi connectivity index (χ2n) is 10.0. The maximum absolute atomic E-state index is 13.7. The van der Waals surface area contributed by atoms with Gasteiger partial charge in [-0.1, -0.05) is 36.4 Å². The number of hydrogen-bond acceptors (Lipinski definition) is 5. The van der Waals surface area contributed by atoms with Crippen LogP contribution in [0.2, 0.25) is 0 Å². The number of carboxylic acids is 1. The van der Waals surface area contributed by atoms with Gasteiger partial charge in [0.05, 0.1) is 18.6 Å². The molecule has 0 aliphatic carbocycles. The lowest BCUT2D eigenvalue weighted by Gasteiger charge is -2.17. The van der Waals surface area contributed by atoms with Crippen molar-refractivity contribution in [2.45, 2.75) is 70.2 Å². The quantitative estimate of drug-likeness (QED) is 0.194. The minimum Gasteiger partial charge on any atom is -0.480 e. The minimum absolute atomic E-state index is 0.0854. The topological polar surface area (TPSA) is 138 Å². The Morgan fingerprint density at radius 1 is 1.08 bits per heavy atom. The normalized spacial score (nSPS) is 14.1. The lowest BCUT2D eigenvalue weighted by Crippen LogP contribution is -2.42. The monoisotopic (exact) mass is 539 g/mol. The second-order valence-corrected chi connectivity index (χ2v) is 10.0. The molecule has 1 heterocycles. The molecule has 6 N–H and O–H groups in total. The SMILES string of the molecule is CC(C)n1c(/C=C/[C@H](O)C[C@H](O)CC(=O)N[C@H](CCCCN)C(=O)O)c(-c2ccc(F)cc2)c2ccccc21. The summed E-state index contributed by atoms with van der Waals surface area (Å²) in [4.78, 5) is 23.7. The first-order chi connectivity index (χ1) is 18.6. The predicted molar refractivity (Wildman–Crippen MR) is 150 cm³/mol. The third-order valence-electron chi connectivity index (χ3n) is 6.59. The zero-order valence-electron chi connectivity index (χ0n) is 22.4. The number of aliphatic carboxylic acids is 1. The van der Waals surface area contributed by atoms with Crippen LogP contribution in [0.4, 0.5) is 4.39 Å². The van der Waals surface area contributed by atoms with Crippen LogP contribution in [0.25, 0.3) is 28.1 Å². The van der Waals surface area contributed by atoms with E-state index < -0.39 is 30.1 Å². The van der Waals surface area contributed by atoms with Gasteiger partial charge in [-0.2, -0.15) is 0 Å². The van der Waals surface area contributed by atoms with Gasteiger partial charge in [-0.3, -0.25) is 4.79 Å². The number of nitrogens with zero attached hydrogens (tertiary/aromatic N) is 1. The summed E-state index contributed by atoms with van der Waals surface area (Å²) >= 11 is 0. The molecule has 0 spiro atoms. The highest BCUT2D eigenvalue weighted by Crippen LogP contribution is 2.38. The number of aliphatic hydroxyl groups is 2. The highest BCUT2D eigenvalue weighted by atomic mass is 19.1. The van der Waals surface area contributed by atoms with E-state index in [0.717, 1.165) is 27.7 Å². The van der Waals surface area contributed by atoms with Gasteiger partial charge in [0.1, 0.15) is 11.9 Å². The van der Waals surface area contributed by atoms with Crippen molar-refractivity contribution in [1.29, 1.82) is 0 Å². The number of nitrogens with one attached hydrogen (secondary N) is 1. The molecule has 0 fully saturated rings. The molecule has 1 amide bonds. The van der Waals surface area contributed by atoms with Gasteiger partial charge in [-0.25, -0.2) is 9.18 Å². The summed E-state index contributed by atoms with van der Waals surface area (Å²) in [6, 6.07) is 13.2. The van der Waals surface area contributed by atoms with Gasteiger partial charge in [0.15, 0.2) is 0 Å². The number of unbranched alkanes of at least 4 members (excludes halogenated alkanes) is 1. The smallest absolute Gasteiger partial charge is 0.326 e. The zero-order valence-corrected chi connectivity index (χ0v) is 22.4. The number of nitrogens with two attached hydrogens (primary N) is 1. The maximum atomic E-state index is 13.7. The molecule has 39 heavy (non-hydrogen) atoms. The Labute approximate surface area is 227 Å². The molecule has 210 valence electrons. The number of halogens is 1. The van der Waals surface area contributed by atoms with Crippen LogP contribution in [-0.4, -0.2) is 56.6 Å². The van der Waals surface area contributed by atoms with E-state index in [1.165, 1.54) is 12.1 Å². The maximum Gasteiger partial charge on any atom is 0.326 e. The van der Waals surface area contributed by atoms with Crippen molar-refractivity contribution in [3.05, 3.63) is 66.1 Å². The Morgan fingerprint density at radius 2 is 1.77 bits per heavy atom. The van der Waals surface area contributed by atoms with Gasteiger partial charge in [-0.15, -0.1) is 0 Å². The van der Waals surface area contributed by atoms with Crippen molar-refractivity contribution in [3.8, 4) is 11.1 Å². The number of carbonyl (C=O) groups is 2. The molecule has 3 rings (SSSR count). The molecule has 0 saturated carbocycles. The van der Waals surface area contributed by atoms with E-state index in [2.05, 4.69) is 23.7 Å². The first-order valence-electron chi connectivity index (χ1n) is 13.3. The molecule has 0 unspecified atom stereocenters. The van der Waals surface area contributed by atoms with Crippen molar-refractivity contribution in [3.63, 3.8) is 0 Å². The summed E-state index contributed by atoms with van der Waals surface area (Å²) < 4.78 is 15.8. The first-order valence-corrected chi connectivity index (χ1v) is 13.3. The fraction of sp³-hybridized carbons (Fsp3) is 0.400. The van der Waals surface area contributed by atoms with E-state index in [1.807, 2.05) is 24.3 Å². The fourth-order valence-electron chi connectivity index (χ4n) is 4.78. The third-order valence-corrected chi connectivity index (χ3v) is 6.59. The zero-order chi connectivity index (χ0) is 28.5. The van der Waals surface area contributed by atoms with E-state index in [9.17, 15) is 29.3 Å². The average Bonchev–Trinajstić information content (AvgIpc) is 3.21. The summed E-state index contributed by atoms with van der Waals surface area (Å²) in [6.45, 7) is 4.54. The lowest BCUT2D eigenvalue weighted by atomic mass is 10.0. The second kappa shape index (κ2) is 14.0. The number of rotatable bonds is 14. The van der Waals surface area contributed by atoms with Crippen LogP contribution in [0.3, 0.4) is 0 Å². The predicted octanol–water partition coefficient (Wildman–Crippen LogP) is 4.24. The van der Waals surface area contributed by atoms with Crippen LogP contribution < -0.4 is 11.1 Å². The summed E-state index contributed by atoms with van der Waals surface area (Å²) in [7, 11) is 0. The van der Waals surface area contributed by atoms with Crippen molar-refractivity contribution >= 4 is 28.9 Å². The molecule has 0 radical (unpaired) electrons. The third kappa shape index (κ3) is 7.98. The highest BCUT2D eigenvalue weighted by Gasteiger charge is 2.22. The molecular formula is C30H38FN3O5. The molecule has 9 heteroatoms. The molecule has 8 nitrogen and oxygen atoms in total. The summed E-state index contributed by atoms with van der Waals surface area (Å²) in [6.07, 6.45) is 2.14. The van der Waals surface area contributed by atoms with Gasteiger partial charge >= 0.3 is 5.97 Å². The van der Waals surface area contributed by atoms with Crippen LogP contribution in [0.15, 0.2) is 54.6 Å². The van der Waals surface area contributed by atoms with Crippen LogP contribution in [-0.2, 0) is 9.59 Å². The number of aliphatic hydroxyl groups excluding tert-OH is 2. The number of aromatic nitrogens is 1. The van der Waals surface area contributed by atoms with Gasteiger partial charge in [-0.05, 0) is 69.5 Å². The molecule has 0 aliphatic rings. The minimum atomic E-state index is -1.17. The van der Waals surface area contributed by atoms with Gasteiger partial charge in [0, 0.05) is 34.6 Å². The van der Waals surface area contributed by atoms with Gasteiger partial charge in [0.2, 0.25) is 5.91 Å². The molecule has 1 aromatic heterocycles. The number of carbonyl (C=O) groups excluding carboxylic acids is 1. The molecule has 3 atom stereocenters. The van der Waals surface area contributed by atoms with Crippen molar-refractivity contribution in [1.82, 2.24) is 9.88 Å². The standard InChI is InChI=1S/C30H38FN3O5/c1-19(2)34-26-9-4-3-7-24(26)29(20-10-12-21(31)13-11-20)27(34)15-14-22(35)17-23(36)18-28(37)33-25(30(38)39)8-5-6-16-32/h3-4,7,9-15,19,22-23,25,35-36H,5-6,8,16-18,32H2,1-2H3,(H,33,37)(H,38,39)/b15-14+/t22-,23-,25+/m0/s1. The average molecular weight is 540 g/mol. The number of carboxylic acid groups (broad SMARTS) is 1. The van der Waals surface area contributed by atoms with Crippen LogP contribution >= 0.6 is 0 Å². The van der Waals surface area contributed by atoms with E-state index in [4.69, 9.17) is 5.73 Å². The number of benzene rings is 2. The molecular weight excluding hydrogens is 501 g/mol. The molecule has 0 aliphatic heterocycles. The van der Waals surface area contributed by atoms with Crippen LogP contribution in [0, 0.1) is 5.82 Å². The first kappa shape index (κ1) is 30.0. The van der Waals surface area contributed by atoms with E-state index in [1.54, 1.807) is 24.3 Å². The number of para-hydroxylation sites is 1. The van der Waals surface area contributed by atoms with Crippen molar-refractivity contribution < 1.29 is 29.3 Å². The number of amides is 1. The highest BCUT2D eigenvalue weighted by molar-refractivity contribution is 6.01. The molecule has 3 aromatic rings. The molecule has 2 aromatic carbocycles. The Bertz CT molecular complexity index is 1290. The summed E-state index contributed by atoms with van der Waals surface area (Å²) in [5.74, 6) is -2.07. The number of hydrogen-bond donors (Lipinski definition) is 5. The Balaban J connectivity index is 1.77. The summed E-state index contributed by atoms with van der Waals surface area (Å²) in [5.41, 5.74) is 8.99. The van der Waals surface area contributed by atoms with E-state index in [0.29, 0.717) is 19.4 Å².